The first-order valence-corrected chi connectivity index (χ1v) is 2.72. The first-order chi connectivity index (χ1) is 4.41. The van der Waals surface area contributed by atoms with Gasteiger partial charge in [-0.1, -0.05) is 5.92 Å². The molecular weight excluding hydrogens is 116 g/mol. The third-order valence-electron chi connectivity index (χ3n) is 0.720. The highest BCUT2D eigenvalue weighted by Gasteiger charge is 1.79. The van der Waals surface area contributed by atoms with Crippen LogP contribution in [0.5, 0.6) is 0 Å². The van der Waals surface area contributed by atoms with Gasteiger partial charge in [-0.3, -0.25) is 0 Å². The van der Waals surface area contributed by atoms with E-state index in [-0.39, 0.29) is 0 Å². The molecule has 0 atom stereocenters. The Morgan fingerprint density at radius 2 is 2.44 bits per heavy atom. The normalized spacial score (nSPS) is 9.67. The fourth-order valence-electron chi connectivity index (χ4n) is 0.357. The lowest BCUT2D eigenvalue weighted by molar-refractivity contribution is 0.172. The molecule has 0 saturated heterocycles. The van der Waals surface area contributed by atoms with Crippen molar-refractivity contribution in [1.82, 2.24) is 0 Å². The van der Waals surface area contributed by atoms with Gasteiger partial charge in [0.1, 0.15) is 6.61 Å². The quantitative estimate of drug-likeness (QED) is 0.347. The number of aliphatic hydroxyl groups is 1. The minimum absolute atomic E-state index is 0.346. The van der Waals surface area contributed by atoms with Crippen molar-refractivity contribution >= 4 is 0 Å². The average molecular weight is 126 g/mol. The van der Waals surface area contributed by atoms with Crippen molar-refractivity contribution in [3.8, 4) is 12.3 Å². The van der Waals surface area contributed by atoms with Gasteiger partial charge in [-0.25, -0.2) is 0 Å². The second-order valence-corrected chi connectivity index (χ2v) is 1.43. The second kappa shape index (κ2) is 7.06. The van der Waals surface area contributed by atoms with E-state index in [0.29, 0.717) is 19.6 Å². The van der Waals surface area contributed by atoms with Crippen LogP contribution in [0.15, 0.2) is 12.3 Å². The van der Waals surface area contributed by atoms with Gasteiger partial charge in [0.05, 0.1) is 12.9 Å². The molecule has 0 rings (SSSR count). The van der Waals surface area contributed by atoms with Crippen LogP contribution in [0, 0.1) is 12.3 Å². The van der Waals surface area contributed by atoms with Crippen molar-refractivity contribution in [2.75, 3.05) is 13.2 Å². The molecule has 1 N–H and O–H groups in total. The van der Waals surface area contributed by atoms with E-state index in [9.17, 15) is 0 Å². The summed E-state index contributed by atoms with van der Waals surface area (Å²) >= 11 is 0. The maximum absolute atomic E-state index is 8.15. The first-order valence-electron chi connectivity index (χ1n) is 2.72. The van der Waals surface area contributed by atoms with E-state index in [1.165, 1.54) is 0 Å². The molecule has 50 valence electrons. The number of rotatable bonds is 4. The molecule has 0 aromatic rings. The summed E-state index contributed by atoms with van der Waals surface area (Å²) in [5.74, 6) is 2.34. The van der Waals surface area contributed by atoms with Gasteiger partial charge in [-0.2, -0.15) is 0 Å². The van der Waals surface area contributed by atoms with Crippen molar-refractivity contribution in [3.05, 3.63) is 12.3 Å². The zero-order valence-electron chi connectivity index (χ0n) is 5.21. The summed E-state index contributed by atoms with van der Waals surface area (Å²) in [5.41, 5.74) is 0. The number of ether oxygens (including phenoxy) is 1. The van der Waals surface area contributed by atoms with Crippen molar-refractivity contribution < 1.29 is 9.84 Å². The molecule has 0 spiro atoms. The highest BCUT2D eigenvalue weighted by molar-refractivity contribution is 4.83. The summed E-state index contributed by atoms with van der Waals surface area (Å²) in [6, 6.07) is 0. The van der Waals surface area contributed by atoms with Crippen molar-refractivity contribution in [2.45, 2.75) is 6.42 Å². The molecule has 0 aliphatic rings. The summed E-state index contributed by atoms with van der Waals surface area (Å²) in [4.78, 5) is 0. The summed E-state index contributed by atoms with van der Waals surface area (Å²) < 4.78 is 4.89. The third kappa shape index (κ3) is 7.06. The van der Waals surface area contributed by atoms with Crippen LogP contribution in [-0.2, 0) is 4.74 Å². The number of aliphatic hydroxyl groups excluding tert-OH is 1. The fraction of sp³-hybridized carbons (Fsp3) is 0.429. The summed E-state index contributed by atoms with van der Waals surface area (Å²) in [6.07, 6.45) is 8.21. The van der Waals surface area contributed by atoms with Crippen molar-refractivity contribution in [3.63, 3.8) is 0 Å². The molecule has 0 amide bonds. The molecule has 0 bridgehead atoms. The predicted octanol–water partition coefficient (Wildman–Crippen LogP) is 1.10. The van der Waals surface area contributed by atoms with Gasteiger partial charge >= 0.3 is 0 Å². The largest absolute Gasteiger partial charge is 0.516 e. The summed E-state index contributed by atoms with van der Waals surface area (Å²) in [7, 11) is 0. The van der Waals surface area contributed by atoms with E-state index in [2.05, 4.69) is 5.92 Å². The Bertz CT molecular complexity index is 111. The average Bonchev–Trinajstić information content (AvgIpc) is 1.89. The predicted molar refractivity (Wildman–Crippen MR) is 36.0 cm³/mol. The molecule has 0 radical (unpaired) electrons. The molecule has 2 heteroatoms. The maximum atomic E-state index is 8.15. The van der Waals surface area contributed by atoms with Crippen LogP contribution in [0.4, 0.5) is 0 Å². The number of hydrogen-bond acceptors (Lipinski definition) is 2. The molecular formula is C7H10O2. The zero-order chi connectivity index (χ0) is 6.95. The van der Waals surface area contributed by atoms with E-state index < -0.39 is 0 Å². The van der Waals surface area contributed by atoms with E-state index >= 15 is 0 Å². The lowest BCUT2D eigenvalue weighted by Crippen LogP contribution is -1.91. The van der Waals surface area contributed by atoms with E-state index in [4.69, 9.17) is 16.3 Å². The number of hydrogen-bond donors (Lipinski definition) is 1. The Morgan fingerprint density at radius 1 is 1.67 bits per heavy atom. The molecule has 0 fully saturated rings. The van der Waals surface area contributed by atoms with Gasteiger partial charge in [0.2, 0.25) is 0 Å². The minimum Gasteiger partial charge on any atom is -0.516 e. The molecule has 0 heterocycles. The van der Waals surface area contributed by atoms with E-state index in [1.807, 2.05) is 0 Å². The molecule has 0 aliphatic heterocycles. The van der Waals surface area contributed by atoms with Gasteiger partial charge < -0.3 is 9.84 Å². The van der Waals surface area contributed by atoms with E-state index in [0.717, 1.165) is 6.26 Å². The Labute approximate surface area is 55.1 Å². The first kappa shape index (κ1) is 8.06. The van der Waals surface area contributed by atoms with Crippen LogP contribution in [0.25, 0.3) is 0 Å². The Morgan fingerprint density at radius 3 is 3.00 bits per heavy atom. The Kier molecular flexibility index (Phi) is 6.32. The fourth-order valence-corrected chi connectivity index (χ4v) is 0.357. The van der Waals surface area contributed by atoms with Crippen molar-refractivity contribution in [1.29, 1.82) is 0 Å². The molecule has 0 aliphatic carbocycles. The molecule has 9 heavy (non-hydrogen) atoms. The molecule has 0 unspecified atom stereocenters. The minimum atomic E-state index is 0.346. The maximum Gasteiger partial charge on any atom is 0.107 e. The van der Waals surface area contributed by atoms with Crippen LogP contribution in [0.1, 0.15) is 6.42 Å². The SMILES string of the molecule is C#CCOCC/C=C\O. The highest BCUT2D eigenvalue weighted by atomic mass is 16.5. The monoisotopic (exact) mass is 126 g/mol. The lowest BCUT2D eigenvalue weighted by atomic mass is 10.4. The Balaban J connectivity index is 2.85. The third-order valence-corrected chi connectivity index (χ3v) is 0.720. The molecule has 2 nitrogen and oxygen atoms in total. The standard InChI is InChI=1S/C7H10O2/c1-2-6-9-7-4-3-5-8/h1,3,5,8H,4,6-7H2/b5-3-. The molecule has 0 aromatic heterocycles. The summed E-state index contributed by atoms with van der Waals surface area (Å²) in [6.45, 7) is 0.917. The van der Waals surface area contributed by atoms with Crippen LogP contribution < -0.4 is 0 Å². The summed E-state index contributed by atoms with van der Waals surface area (Å²) in [5, 5.41) is 8.15. The smallest absolute Gasteiger partial charge is 0.107 e. The lowest BCUT2D eigenvalue weighted by Gasteiger charge is -1.92. The van der Waals surface area contributed by atoms with Gasteiger partial charge in [-0.05, 0) is 12.5 Å². The second-order valence-electron chi connectivity index (χ2n) is 1.43. The molecule has 0 aromatic carbocycles. The number of terminal acetylenes is 1. The van der Waals surface area contributed by atoms with Crippen LogP contribution in [0.3, 0.4) is 0 Å². The van der Waals surface area contributed by atoms with Gasteiger partial charge in [0.25, 0.3) is 0 Å². The Hall–Kier alpha value is -0.940. The van der Waals surface area contributed by atoms with Gasteiger partial charge in [0.15, 0.2) is 0 Å². The van der Waals surface area contributed by atoms with Crippen LogP contribution >= 0.6 is 0 Å². The topological polar surface area (TPSA) is 29.5 Å². The molecule has 0 saturated carbocycles. The van der Waals surface area contributed by atoms with Gasteiger partial charge in [-0.15, -0.1) is 6.42 Å². The highest BCUT2D eigenvalue weighted by Crippen LogP contribution is 1.82. The van der Waals surface area contributed by atoms with Crippen LogP contribution in [0.2, 0.25) is 0 Å². The van der Waals surface area contributed by atoms with Crippen molar-refractivity contribution in [2.24, 2.45) is 0 Å². The van der Waals surface area contributed by atoms with Gasteiger partial charge in [0, 0.05) is 0 Å². The van der Waals surface area contributed by atoms with Crippen LogP contribution in [-0.4, -0.2) is 18.3 Å². The van der Waals surface area contributed by atoms with E-state index in [1.54, 1.807) is 6.08 Å². The zero-order valence-corrected chi connectivity index (χ0v) is 5.21.